The first-order chi connectivity index (χ1) is 9.52. The Morgan fingerprint density at radius 3 is 2.70 bits per heavy atom. The predicted molar refractivity (Wildman–Crippen MR) is 74.3 cm³/mol. The van der Waals surface area contributed by atoms with Gasteiger partial charge in [-0.2, -0.15) is 0 Å². The molecule has 0 unspecified atom stereocenters. The van der Waals surface area contributed by atoms with Crippen LogP contribution in [0.5, 0.6) is 11.5 Å². The summed E-state index contributed by atoms with van der Waals surface area (Å²) >= 11 is 3.33. The quantitative estimate of drug-likeness (QED) is 0.901. The van der Waals surface area contributed by atoms with Crippen LogP contribution in [0.4, 0.5) is 0 Å². The average molecular weight is 344 g/mol. The first-order valence-electron chi connectivity index (χ1n) is 6.13. The van der Waals surface area contributed by atoms with Crippen molar-refractivity contribution in [2.24, 2.45) is 0 Å². The molecular weight excluding hydrogens is 330 g/mol. The fraction of sp³-hybridized carbons (Fsp3) is 0.385. The number of hydrogen-bond acceptors (Lipinski definition) is 4. The lowest BCUT2D eigenvalue weighted by Crippen LogP contribution is -2.35. The third-order valence-electron chi connectivity index (χ3n) is 2.84. The zero-order chi connectivity index (χ0) is 14.7. The summed E-state index contributed by atoms with van der Waals surface area (Å²) in [7, 11) is 0. The second-order valence-corrected chi connectivity index (χ2v) is 5.05. The first-order valence-corrected chi connectivity index (χ1v) is 6.92. The standard InChI is InChI=1S/C13H14BrNO5/c1-2-15(7-11(16)17)13(18)8-5-9(14)12-10(6-8)19-3-4-20-12/h5-6H,2-4,7H2,1H3,(H,16,17). The van der Waals surface area contributed by atoms with Crippen molar-refractivity contribution >= 4 is 27.8 Å². The van der Waals surface area contributed by atoms with Crippen LogP contribution < -0.4 is 9.47 Å². The smallest absolute Gasteiger partial charge is 0.323 e. The third kappa shape index (κ3) is 3.04. The van der Waals surface area contributed by atoms with E-state index in [1.165, 1.54) is 4.90 Å². The van der Waals surface area contributed by atoms with Gasteiger partial charge in [0.15, 0.2) is 11.5 Å². The lowest BCUT2D eigenvalue weighted by atomic mass is 10.1. The summed E-state index contributed by atoms with van der Waals surface area (Å²) in [6, 6.07) is 3.19. The number of carboxylic acid groups (broad SMARTS) is 1. The molecule has 0 spiro atoms. The maximum atomic E-state index is 12.3. The van der Waals surface area contributed by atoms with E-state index in [9.17, 15) is 9.59 Å². The molecule has 0 saturated heterocycles. The van der Waals surface area contributed by atoms with Gasteiger partial charge in [0.2, 0.25) is 0 Å². The van der Waals surface area contributed by atoms with Crippen molar-refractivity contribution in [3.05, 3.63) is 22.2 Å². The lowest BCUT2D eigenvalue weighted by Gasteiger charge is -2.22. The van der Waals surface area contributed by atoms with Gasteiger partial charge < -0.3 is 19.5 Å². The van der Waals surface area contributed by atoms with Crippen molar-refractivity contribution in [3.8, 4) is 11.5 Å². The van der Waals surface area contributed by atoms with Crippen LogP contribution in [0.1, 0.15) is 17.3 Å². The van der Waals surface area contributed by atoms with Gasteiger partial charge in [0.25, 0.3) is 5.91 Å². The van der Waals surface area contributed by atoms with E-state index in [0.717, 1.165) is 0 Å². The molecule has 1 aromatic carbocycles. The molecule has 1 heterocycles. The number of carboxylic acids is 1. The second kappa shape index (κ2) is 6.13. The maximum absolute atomic E-state index is 12.3. The molecule has 1 aromatic rings. The molecule has 0 aromatic heterocycles. The number of hydrogen-bond donors (Lipinski definition) is 1. The number of nitrogens with zero attached hydrogens (tertiary/aromatic N) is 1. The highest BCUT2D eigenvalue weighted by Gasteiger charge is 2.22. The van der Waals surface area contributed by atoms with Gasteiger partial charge in [-0.25, -0.2) is 0 Å². The third-order valence-corrected chi connectivity index (χ3v) is 3.43. The summed E-state index contributed by atoms with van der Waals surface area (Å²) in [5.41, 5.74) is 0.365. The van der Waals surface area contributed by atoms with E-state index in [2.05, 4.69) is 15.9 Å². The highest BCUT2D eigenvalue weighted by atomic mass is 79.9. The summed E-state index contributed by atoms with van der Waals surface area (Å²) < 4.78 is 11.5. The monoisotopic (exact) mass is 343 g/mol. The number of likely N-dealkylation sites (N-methyl/N-ethyl adjacent to an activating group) is 1. The number of carbonyl (C=O) groups excluding carboxylic acids is 1. The fourth-order valence-corrected chi connectivity index (χ4v) is 2.46. The summed E-state index contributed by atoms with van der Waals surface area (Å²) in [5, 5.41) is 8.81. The Bertz CT molecular complexity index is 546. The van der Waals surface area contributed by atoms with Crippen LogP contribution in [0.3, 0.4) is 0 Å². The van der Waals surface area contributed by atoms with Crippen molar-refractivity contribution in [2.45, 2.75) is 6.92 Å². The van der Waals surface area contributed by atoms with Crippen LogP contribution in [0.15, 0.2) is 16.6 Å². The van der Waals surface area contributed by atoms with E-state index >= 15 is 0 Å². The number of carbonyl (C=O) groups is 2. The van der Waals surface area contributed by atoms with Crippen LogP contribution in [0.2, 0.25) is 0 Å². The van der Waals surface area contributed by atoms with Crippen molar-refractivity contribution < 1.29 is 24.2 Å². The largest absolute Gasteiger partial charge is 0.486 e. The van der Waals surface area contributed by atoms with E-state index in [0.29, 0.717) is 41.3 Å². The first kappa shape index (κ1) is 14.6. The Kier molecular flexibility index (Phi) is 4.49. The van der Waals surface area contributed by atoms with Gasteiger partial charge in [-0.15, -0.1) is 0 Å². The Hall–Kier alpha value is -1.76. The molecule has 0 bridgehead atoms. The number of benzene rings is 1. The van der Waals surface area contributed by atoms with Crippen molar-refractivity contribution in [1.82, 2.24) is 4.90 Å². The Morgan fingerprint density at radius 2 is 2.05 bits per heavy atom. The molecule has 108 valence electrons. The van der Waals surface area contributed by atoms with Crippen molar-refractivity contribution in [2.75, 3.05) is 26.3 Å². The van der Waals surface area contributed by atoms with E-state index in [4.69, 9.17) is 14.6 Å². The minimum Gasteiger partial charge on any atom is -0.486 e. The molecule has 0 fully saturated rings. The maximum Gasteiger partial charge on any atom is 0.323 e. The van der Waals surface area contributed by atoms with Crippen molar-refractivity contribution in [3.63, 3.8) is 0 Å². The van der Waals surface area contributed by atoms with Crippen molar-refractivity contribution in [1.29, 1.82) is 0 Å². The highest BCUT2D eigenvalue weighted by molar-refractivity contribution is 9.10. The Morgan fingerprint density at radius 1 is 1.35 bits per heavy atom. The number of fused-ring (bicyclic) bond motifs is 1. The minimum absolute atomic E-state index is 0.317. The van der Waals surface area contributed by atoms with E-state index in [1.807, 2.05) is 0 Å². The van der Waals surface area contributed by atoms with Gasteiger partial charge >= 0.3 is 5.97 Å². The zero-order valence-corrected chi connectivity index (χ0v) is 12.5. The Labute approximate surface area is 124 Å². The molecule has 0 aliphatic carbocycles. The molecule has 1 amide bonds. The molecule has 0 saturated carbocycles. The fourth-order valence-electron chi connectivity index (χ4n) is 1.91. The molecule has 0 radical (unpaired) electrons. The molecule has 2 rings (SSSR count). The highest BCUT2D eigenvalue weighted by Crippen LogP contribution is 2.38. The van der Waals surface area contributed by atoms with Crippen LogP contribution in [-0.2, 0) is 4.79 Å². The minimum atomic E-state index is -1.04. The van der Waals surface area contributed by atoms with E-state index < -0.39 is 5.97 Å². The summed E-state index contributed by atoms with van der Waals surface area (Å²) in [6.45, 7) is 2.59. The lowest BCUT2D eigenvalue weighted by molar-refractivity contribution is -0.137. The molecule has 1 N–H and O–H groups in total. The molecule has 1 aliphatic rings. The van der Waals surface area contributed by atoms with Gasteiger partial charge in [0.1, 0.15) is 19.8 Å². The normalized spacial score (nSPS) is 12.9. The summed E-state index contributed by atoms with van der Waals surface area (Å²) in [6.07, 6.45) is 0. The van der Waals surface area contributed by atoms with Crippen LogP contribution in [0.25, 0.3) is 0 Å². The van der Waals surface area contributed by atoms with E-state index in [1.54, 1.807) is 19.1 Å². The summed E-state index contributed by atoms with van der Waals surface area (Å²) in [5.74, 6) is -0.348. The molecule has 1 aliphatic heterocycles. The average Bonchev–Trinajstić information content (AvgIpc) is 2.43. The number of halogens is 1. The molecule has 20 heavy (non-hydrogen) atoms. The van der Waals surface area contributed by atoms with Crippen LogP contribution in [0, 0.1) is 0 Å². The van der Waals surface area contributed by atoms with Crippen LogP contribution >= 0.6 is 15.9 Å². The molecule has 6 nitrogen and oxygen atoms in total. The SMILES string of the molecule is CCN(CC(=O)O)C(=O)c1cc(Br)c2c(c1)OCCO2. The number of aliphatic carboxylic acids is 1. The number of amides is 1. The van der Waals surface area contributed by atoms with Gasteiger partial charge in [-0.3, -0.25) is 9.59 Å². The number of rotatable bonds is 4. The predicted octanol–water partition coefficient (Wildman–Crippen LogP) is 1.77. The van der Waals surface area contributed by atoms with E-state index in [-0.39, 0.29) is 12.5 Å². The van der Waals surface area contributed by atoms with Crippen LogP contribution in [-0.4, -0.2) is 48.2 Å². The Balaban J connectivity index is 2.30. The molecule has 7 heteroatoms. The zero-order valence-electron chi connectivity index (χ0n) is 10.9. The van der Waals surface area contributed by atoms with Gasteiger partial charge in [-0.05, 0) is 35.0 Å². The number of ether oxygens (including phenoxy) is 2. The topological polar surface area (TPSA) is 76.1 Å². The van der Waals surface area contributed by atoms with Gasteiger partial charge in [-0.1, -0.05) is 0 Å². The second-order valence-electron chi connectivity index (χ2n) is 4.20. The molecule has 0 atom stereocenters. The molecular formula is C13H14BrNO5. The van der Waals surface area contributed by atoms with Gasteiger partial charge in [0.05, 0.1) is 4.47 Å². The summed E-state index contributed by atoms with van der Waals surface area (Å²) in [4.78, 5) is 24.3. The van der Waals surface area contributed by atoms with Gasteiger partial charge in [0, 0.05) is 12.1 Å².